The van der Waals surface area contributed by atoms with E-state index in [-0.39, 0.29) is 18.0 Å². The number of nitrogens with two attached hydrogens (primary N) is 1. The predicted molar refractivity (Wildman–Crippen MR) is 60.6 cm³/mol. The number of halogens is 1. The summed E-state index contributed by atoms with van der Waals surface area (Å²) in [4.78, 5) is 11.9. The molecular formula is C10H12ClNO2S. The van der Waals surface area contributed by atoms with Gasteiger partial charge in [0.25, 0.3) is 0 Å². The molecule has 1 aliphatic heterocycles. The van der Waals surface area contributed by atoms with Crippen LogP contribution in [-0.2, 0) is 4.74 Å². The highest BCUT2D eigenvalue weighted by Crippen LogP contribution is 2.28. The van der Waals surface area contributed by atoms with Crippen molar-refractivity contribution in [3.8, 4) is 0 Å². The molecule has 0 aromatic carbocycles. The molecule has 1 aromatic rings. The van der Waals surface area contributed by atoms with Crippen LogP contribution in [0.25, 0.3) is 0 Å². The maximum absolute atomic E-state index is 11.9. The van der Waals surface area contributed by atoms with Crippen LogP contribution >= 0.6 is 22.9 Å². The molecule has 82 valence electrons. The van der Waals surface area contributed by atoms with Crippen LogP contribution in [0.15, 0.2) is 11.4 Å². The van der Waals surface area contributed by atoms with Crippen LogP contribution in [0.5, 0.6) is 0 Å². The number of ether oxygens (including phenoxy) is 1. The summed E-state index contributed by atoms with van der Waals surface area (Å²) in [6.45, 7) is 0.473. The van der Waals surface area contributed by atoms with Crippen molar-refractivity contribution < 1.29 is 9.53 Å². The van der Waals surface area contributed by atoms with E-state index in [0.29, 0.717) is 16.4 Å². The number of hydrogen-bond donors (Lipinski definition) is 1. The van der Waals surface area contributed by atoms with Gasteiger partial charge in [0.15, 0.2) is 5.78 Å². The molecule has 1 fully saturated rings. The van der Waals surface area contributed by atoms with Gasteiger partial charge in [-0.2, -0.15) is 0 Å². The van der Waals surface area contributed by atoms with Crippen LogP contribution in [0.2, 0.25) is 4.34 Å². The first kappa shape index (κ1) is 11.1. The minimum Gasteiger partial charge on any atom is -0.366 e. The lowest BCUT2D eigenvalue weighted by atomic mass is 10.1. The van der Waals surface area contributed by atoms with E-state index in [1.807, 2.05) is 5.38 Å². The third-order valence-electron chi connectivity index (χ3n) is 2.55. The zero-order chi connectivity index (χ0) is 10.8. The number of rotatable bonds is 3. The maximum Gasteiger partial charge on any atom is 0.193 e. The Morgan fingerprint density at radius 1 is 1.67 bits per heavy atom. The molecule has 0 bridgehead atoms. The standard InChI is InChI=1S/C10H12ClNO2S/c11-10-7(3-4-15-10)9(13)8-2-1-6(5-12)14-8/h3-4,6,8H,1-2,5,12H2. The molecule has 0 aliphatic carbocycles. The smallest absolute Gasteiger partial charge is 0.193 e. The van der Waals surface area contributed by atoms with Crippen molar-refractivity contribution in [3.63, 3.8) is 0 Å². The van der Waals surface area contributed by atoms with E-state index in [1.54, 1.807) is 6.07 Å². The Hall–Kier alpha value is -0.420. The van der Waals surface area contributed by atoms with Gasteiger partial charge in [-0.15, -0.1) is 11.3 Å². The SMILES string of the molecule is NCC1CCC(C(=O)c2ccsc2Cl)O1. The van der Waals surface area contributed by atoms with Gasteiger partial charge < -0.3 is 10.5 Å². The fourth-order valence-corrected chi connectivity index (χ4v) is 2.64. The van der Waals surface area contributed by atoms with E-state index < -0.39 is 0 Å². The Labute approximate surface area is 97.2 Å². The van der Waals surface area contributed by atoms with Gasteiger partial charge in [0.2, 0.25) is 0 Å². The molecule has 1 aromatic heterocycles. The summed E-state index contributed by atoms with van der Waals surface area (Å²) < 4.78 is 6.06. The molecule has 0 amide bonds. The quantitative estimate of drug-likeness (QED) is 0.830. The summed E-state index contributed by atoms with van der Waals surface area (Å²) in [5.74, 6) is -0.0165. The van der Waals surface area contributed by atoms with Gasteiger partial charge in [0, 0.05) is 12.1 Å². The van der Waals surface area contributed by atoms with Gasteiger partial charge in [0.05, 0.1) is 6.10 Å². The summed E-state index contributed by atoms with van der Waals surface area (Å²) in [5.41, 5.74) is 6.06. The highest BCUT2D eigenvalue weighted by Gasteiger charge is 2.31. The van der Waals surface area contributed by atoms with Gasteiger partial charge in [-0.05, 0) is 24.3 Å². The second-order valence-electron chi connectivity index (χ2n) is 3.53. The van der Waals surface area contributed by atoms with Crippen molar-refractivity contribution >= 4 is 28.7 Å². The van der Waals surface area contributed by atoms with Crippen molar-refractivity contribution in [1.82, 2.24) is 0 Å². The fourth-order valence-electron chi connectivity index (χ4n) is 1.72. The topological polar surface area (TPSA) is 52.3 Å². The zero-order valence-corrected chi connectivity index (χ0v) is 9.68. The normalized spacial score (nSPS) is 25.7. The molecule has 1 aliphatic rings. The average Bonchev–Trinajstić information content (AvgIpc) is 2.84. The monoisotopic (exact) mass is 245 g/mol. The van der Waals surface area contributed by atoms with Crippen molar-refractivity contribution in [3.05, 3.63) is 21.3 Å². The lowest BCUT2D eigenvalue weighted by molar-refractivity contribution is 0.0404. The van der Waals surface area contributed by atoms with Crippen LogP contribution in [-0.4, -0.2) is 24.5 Å². The minimum atomic E-state index is -0.356. The first-order valence-corrected chi connectivity index (χ1v) is 6.11. The van der Waals surface area contributed by atoms with Crippen molar-refractivity contribution in [2.45, 2.75) is 25.0 Å². The van der Waals surface area contributed by atoms with Crippen molar-refractivity contribution in [2.24, 2.45) is 5.73 Å². The molecular weight excluding hydrogens is 234 g/mol. The number of Topliss-reactive ketones (excluding diaryl/α,β-unsaturated/α-hetero) is 1. The third-order valence-corrected chi connectivity index (χ3v) is 3.72. The second kappa shape index (κ2) is 4.61. The minimum absolute atomic E-state index is 0.0165. The van der Waals surface area contributed by atoms with Crippen LogP contribution in [0.4, 0.5) is 0 Å². The van der Waals surface area contributed by atoms with Crippen LogP contribution < -0.4 is 5.73 Å². The molecule has 2 rings (SSSR count). The highest BCUT2D eigenvalue weighted by molar-refractivity contribution is 7.14. The van der Waals surface area contributed by atoms with Crippen molar-refractivity contribution in [1.29, 1.82) is 0 Å². The summed E-state index contributed by atoms with van der Waals surface area (Å²) >= 11 is 7.26. The Balaban J connectivity index is 2.07. The summed E-state index contributed by atoms with van der Waals surface area (Å²) in [5, 5.41) is 1.81. The maximum atomic E-state index is 11.9. The first-order valence-electron chi connectivity index (χ1n) is 4.85. The molecule has 2 unspecified atom stereocenters. The zero-order valence-electron chi connectivity index (χ0n) is 8.11. The number of carbonyl (C=O) groups is 1. The van der Waals surface area contributed by atoms with E-state index in [1.165, 1.54) is 11.3 Å². The fraction of sp³-hybridized carbons (Fsp3) is 0.500. The largest absolute Gasteiger partial charge is 0.366 e. The Bertz CT molecular complexity index is 366. The third kappa shape index (κ3) is 2.23. The van der Waals surface area contributed by atoms with Crippen LogP contribution in [0.1, 0.15) is 23.2 Å². The van der Waals surface area contributed by atoms with E-state index in [0.717, 1.165) is 12.8 Å². The Kier molecular flexibility index (Phi) is 3.41. The van der Waals surface area contributed by atoms with Gasteiger partial charge >= 0.3 is 0 Å². The molecule has 0 spiro atoms. The lowest BCUT2D eigenvalue weighted by Gasteiger charge is -2.10. The number of thiophene rings is 1. The summed E-state index contributed by atoms with van der Waals surface area (Å²) in [6.07, 6.45) is 1.27. The van der Waals surface area contributed by atoms with Gasteiger partial charge in [0.1, 0.15) is 10.4 Å². The molecule has 3 nitrogen and oxygen atoms in total. The van der Waals surface area contributed by atoms with Gasteiger partial charge in [-0.1, -0.05) is 11.6 Å². The first-order chi connectivity index (χ1) is 7.22. The average molecular weight is 246 g/mol. The molecule has 2 heterocycles. The molecule has 15 heavy (non-hydrogen) atoms. The van der Waals surface area contributed by atoms with Gasteiger partial charge in [-0.25, -0.2) is 0 Å². The lowest BCUT2D eigenvalue weighted by Crippen LogP contribution is -2.25. The molecule has 2 atom stereocenters. The highest BCUT2D eigenvalue weighted by atomic mass is 35.5. The Morgan fingerprint density at radius 3 is 3.00 bits per heavy atom. The number of ketones is 1. The number of hydrogen-bond acceptors (Lipinski definition) is 4. The van der Waals surface area contributed by atoms with Crippen LogP contribution in [0.3, 0.4) is 0 Å². The summed E-state index contributed by atoms with van der Waals surface area (Å²) in [6, 6.07) is 1.74. The molecule has 0 radical (unpaired) electrons. The predicted octanol–water partition coefficient (Wildman–Crippen LogP) is 2.09. The van der Waals surface area contributed by atoms with E-state index in [2.05, 4.69) is 0 Å². The molecule has 0 saturated carbocycles. The Morgan fingerprint density at radius 2 is 2.47 bits per heavy atom. The van der Waals surface area contributed by atoms with E-state index >= 15 is 0 Å². The van der Waals surface area contributed by atoms with Crippen molar-refractivity contribution in [2.75, 3.05) is 6.54 Å². The van der Waals surface area contributed by atoms with E-state index in [4.69, 9.17) is 22.1 Å². The molecule has 2 N–H and O–H groups in total. The second-order valence-corrected chi connectivity index (χ2v) is 5.05. The molecule has 5 heteroatoms. The molecule has 1 saturated heterocycles. The van der Waals surface area contributed by atoms with E-state index in [9.17, 15) is 4.79 Å². The number of carbonyl (C=O) groups excluding carboxylic acids is 1. The van der Waals surface area contributed by atoms with Gasteiger partial charge in [-0.3, -0.25) is 4.79 Å². The van der Waals surface area contributed by atoms with Crippen LogP contribution in [0, 0.1) is 0 Å². The summed E-state index contributed by atoms with van der Waals surface area (Å²) in [7, 11) is 0.